The maximum atomic E-state index is 13.2. The normalized spacial score (nSPS) is 11.0. The monoisotopic (exact) mass is 430 g/mol. The smallest absolute Gasteiger partial charge is 0.255 e. The Morgan fingerprint density at radius 1 is 1.09 bits per heavy atom. The molecule has 1 N–H and O–H groups in total. The van der Waals surface area contributed by atoms with Crippen LogP contribution in [0.25, 0.3) is 16.7 Å². The first-order valence-corrected chi connectivity index (χ1v) is 10.5. The second-order valence-corrected chi connectivity index (χ2v) is 7.78. The molecule has 0 unspecified atom stereocenters. The molecule has 164 valence electrons. The molecule has 2 heterocycles. The second-order valence-electron chi connectivity index (χ2n) is 7.78. The van der Waals surface area contributed by atoms with E-state index in [2.05, 4.69) is 5.32 Å². The van der Waals surface area contributed by atoms with Gasteiger partial charge in [0, 0.05) is 36.2 Å². The van der Waals surface area contributed by atoms with E-state index in [1.165, 1.54) is 0 Å². The quantitative estimate of drug-likeness (QED) is 0.503. The van der Waals surface area contributed by atoms with Crippen molar-refractivity contribution < 1.29 is 9.53 Å². The van der Waals surface area contributed by atoms with Gasteiger partial charge in [0.15, 0.2) is 0 Å². The number of rotatable bonds is 6. The molecule has 32 heavy (non-hydrogen) atoms. The van der Waals surface area contributed by atoms with Crippen molar-refractivity contribution in [2.75, 3.05) is 12.4 Å². The highest BCUT2D eigenvalue weighted by atomic mass is 16.5. The maximum absolute atomic E-state index is 13.2. The number of benzene rings is 2. The average Bonchev–Trinajstić information content (AvgIpc) is 3.15. The predicted octanol–water partition coefficient (Wildman–Crippen LogP) is 3.92. The van der Waals surface area contributed by atoms with E-state index in [1.54, 1.807) is 35.5 Å². The number of methoxy groups -OCH3 is 1. The van der Waals surface area contributed by atoms with Crippen molar-refractivity contribution >= 4 is 22.6 Å². The van der Waals surface area contributed by atoms with Crippen LogP contribution >= 0.6 is 0 Å². The lowest BCUT2D eigenvalue weighted by Crippen LogP contribution is -2.25. The van der Waals surface area contributed by atoms with Crippen molar-refractivity contribution in [3.63, 3.8) is 0 Å². The van der Waals surface area contributed by atoms with Gasteiger partial charge in [0.25, 0.3) is 5.56 Å². The van der Waals surface area contributed by atoms with Crippen LogP contribution in [0, 0.1) is 13.8 Å². The molecule has 0 aliphatic rings. The minimum atomic E-state index is -0.156. The van der Waals surface area contributed by atoms with Crippen molar-refractivity contribution in [2.45, 2.75) is 26.7 Å². The third-order valence-corrected chi connectivity index (χ3v) is 5.70. The molecule has 0 radical (unpaired) electrons. The van der Waals surface area contributed by atoms with Gasteiger partial charge in [-0.2, -0.15) is 5.10 Å². The molecule has 4 rings (SSSR count). The van der Waals surface area contributed by atoms with Crippen LogP contribution in [-0.2, 0) is 18.3 Å². The van der Waals surface area contributed by atoms with Crippen molar-refractivity contribution in [2.24, 2.45) is 7.05 Å². The summed E-state index contributed by atoms with van der Waals surface area (Å²) in [7, 11) is 3.34. The number of nitrogens with zero attached hydrogens (tertiary/aromatic N) is 3. The van der Waals surface area contributed by atoms with Crippen LogP contribution in [0.1, 0.15) is 23.2 Å². The fourth-order valence-corrected chi connectivity index (χ4v) is 4.08. The van der Waals surface area contributed by atoms with Crippen LogP contribution in [-0.4, -0.2) is 27.4 Å². The molecule has 0 aliphatic carbocycles. The van der Waals surface area contributed by atoms with Crippen molar-refractivity contribution in [3.8, 4) is 11.4 Å². The molecule has 0 aliphatic heterocycles. The standard InChI is InChI=1S/C25H26N4O3/c1-16-21(13-14-22(30)26-18-9-8-12-20(15-18)32-4)25(31)28(3)24-23(16)17(2)27-29(24)19-10-6-5-7-11-19/h5-12,15H,13-14H2,1-4H3,(H,26,30). The van der Waals surface area contributed by atoms with Gasteiger partial charge in [-0.3, -0.25) is 14.2 Å². The summed E-state index contributed by atoms with van der Waals surface area (Å²) >= 11 is 0. The Morgan fingerprint density at radius 2 is 1.84 bits per heavy atom. The molecule has 0 spiro atoms. The third kappa shape index (κ3) is 3.89. The number of hydrogen-bond donors (Lipinski definition) is 1. The first kappa shape index (κ1) is 21.4. The van der Waals surface area contributed by atoms with Gasteiger partial charge < -0.3 is 10.1 Å². The number of ether oxygens (including phenoxy) is 1. The molecular formula is C25H26N4O3. The van der Waals surface area contributed by atoms with Gasteiger partial charge >= 0.3 is 0 Å². The molecule has 0 saturated heterocycles. The van der Waals surface area contributed by atoms with Crippen LogP contribution in [0.3, 0.4) is 0 Å². The summed E-state index contributed by atoms with van der Waals surface area (Å²) in [6, 6.07) is 16.9. The number of aromatic nitrogens is 3. The molecule has 0 fully saturated rings. The summed E-state index contributed by atoms with van der Waals surface area (Å²) in [6.45, 7) is 3.88. The van der Waals surface area contributed by atoms with Crippen molar-refractivity contribution in [1.29, 1.82) is 0 Å². The Morgan fingerprint density at radius 3 is 2.56 bits per heavy atom. The maximum Gasteiger partial charge on any atom is 0.255 e. The Labute approximate surface area is 186 Å². The lowest BCUT2D eigenvalue weighted by atomic mass is 10.0. The Kier molecular flexibility index (Phi) is 5.81. The van der Waals surface area contributed by atoms with Gasteiger partial charge in [-0.1, -0.05) is 24.3 Å². The Balaban J connectivity index is 1.64. The number of para-hydroxylation sites is 1. The van der Waals surface area contributed by atoms with E-state index in [-0.39, 0.29) is 17.9 Å². The number of nitrogens with one attached hydrogen (secondary N) is 1. The molecule has 2 aromatic carbocycles. The summed E-state index contributed by atoms with van der Waals surface area (Å²) < 4.78 is 8.63. The number of hydrogen-bond acceptors (Lipinski definition) is 4. The minimum absolute atomic E-state index is 0.110. The molecule has 4 aromatic rings. The highest BCUT2D eigenvalue weighted by Gasteiger charge is 2.20. The number of carbonyl (C=O) groups is 1. The summed E-state index contributed by atoms with van der Waals surface area (Å²) in [4.78, 5) is 25.8. The van der Waals surface area contributed by atoms with Crippen LogP contribution in [0.2, 0.25) is 0 Å². The number of aryl methyl sites for hydroxylation is 3. The molecule has 0 bridgehead atoms. The number of anilines is 1. The van der Waals surface area contributed by atoms with Crippen molar-refractivity contribution in [1.82, 2.24) is 14.3 Å². The molecule has 7 heteroatoms. The molecule has 2 aromatic heterocycles. The van der Waals surface area contributed by atoms with Crippen LogP contribution in [0.15, 0.2) is 59.4 Å². The first-order chi connectivity index (χ1) is 15.4. The lowest BCUT2D eigenvalue weighted by Gasteiger charge is -2.13. The summed E-state index contributed by atoms with van der Waals surface area (Å²) in [5.41, 5.74) is 4.55. The van der Waals surface area contributed by atoms with Crippen LogP contribution in [0.4, 0.5) is 5.69 Å². The van der Waals surface area contributed by atoms with E-state index in [9.17, 15) is 9.59 Å². The highest BCUT2D eigenvalue weighted by Crippen LogP contribution is 2.26. The van der Waals surface area contributed by atoms with Crippen LogP contribution in [0.5, 0.6) is 5.75 Å². The summed E-state index contributed by atoms with van der Waals surface area (Å²) in [5.74, 6) is 0.514. The van der Waals surface area contributed by atoms with Gasteiger partial charge in [-0.25, -0.2) is 4.68 Å². The molecule has 1 amide bonds. The van der Waals surface area contributed by atoms with Gasteiger partial charge in [-0.05, 0) is 50.1 Å². The van der Waals surface area contributed by atoms with E-state index in [0.717, 1.165) is 28.0 Å². The van der Waals surface area contributed by atoms with Crippen LogP contribution < -0.4 is 15.6 Å². The zero-order valence-electron chi connectivity index (χ0n) is 18.7. The van der Waals surface area contributed by atoms with E-state index < -0.39 is 0 Å². The lowest BCUT2D eigenvalue weighted by molar-refractivity contribution is -0.116. The predicted molar refractivity (Wildman–Crippen MR) is 126 cm³/mol. The van der Waals surface area contributed by atoms with E-state index >= 15 is 0 Å². The van der Waals surface area contributed by atoms with Gasteiger partial charge in [0.1, 0.15) is 11.4 Å². The SMILES string of the molecule is COc1cccc(NC(=O)CCc2c(C)c3c(C)nn(-c4ccccc4)c3n(C)c2=O)c1. The molecule has 7 nitrogen and oxygen atoms in total. The van der Waals surface area contributed by atoms with Gasteiger partial charge in [0.05, 0.1) is 18.5 Å². The first-order valence-electron chi connectivity index (χ1n) is 10.5. The number of amides is 1. The van der Waals surface area contributed by atoms with Crippen molar-refractivity contribution in [3.05, 3.63) is 81.8 Å². The molecule has 0 atom stereocenters. The second kappa shape index (κ2) is 8.70. The van der Waals surface area contributed by atoms with E-state index in [0.29, 0.717) is 23.4 Å². The highest BCUT2D eigenvalue weighted by molar-refractivity contribution is 5.91. The summed E-state index contributed by atoms with van der Waals surface area (Å²) in [6.07, 6.45) is 0.546. The average molecular weight is 431 g/mol. The largest absolute Gasteiger partial charge is 0.497 e. The summed E-state index contributed by atoms with van der Waals surface area (Å²) in [5, 5.41) is 8.51. The zero-order chi connectivity index (χ0) is 22.8. The molecular weight excluding hydrogens is 404 g/mol. The number of pyridine rings is 1. The fourth-order valence-electron chi connectivity index (χ4n) is 4.08. The number of carbonyl (C=O) groups excluding carboxylic acids is 1. The zero-order valence-corrected chi connectivity index (χ0v) is 18.7. The number of fused-ring (bicyclic) bond motifs is 1. The van der Waals surface area contributed by atoms with E-state index in [1.807, 2.05) is 56.3 Å². The Bertz CT molecular complexity index is 1350. The third-order valence-electron chi connectivity index (χ3n) is 5.70. The topological polar surface area (TPSA) is 78.2 Å². The van der Waals surface area contributed by atoms with E-state index in [4.69, 9.17) is 9.84 Å². The Hall–Kier alpha value is -3.87. The molecule has 0 saturated carbocycles. The van der Waals surface area contributed by atoms with Gasteiger partial charge in [-0.15, -0.1) is 0 Å². The minimum Gasteiger partial charge on any atom is -0.497 e. The van der Waals surface area contributed by atoms with Gasteiger partial charge in [0.2, 0.25) is 5.91 Å². The fraction of sp³-hybridized carbons (Fsp3) is 0.240.